The second kappa shape index (κ2) is 7.12. The quantitative estimate of drug-likeness (QED) is 0.702. The topological polar surface area (TPSA) is 70.7 Å². The van der Waals surface area contributed by atoms with Gasteiger partial charge in [-0.2, -0.15) is 4.98 Å². The average molecular weight is 367 g/mol. The lowest BCUT2D eigenvalue weighted by molar-refractivity contribution is -0.116. The Morgan fingerprint density at radius 3 is 2.78 bits per heavy atom. The standard InChI is InChI=1S/C15H12Cl2N4OS/c16-11-4-2-1-3-10(11)14-19-15(21-20-14)18-13(22)8-6-9-5-7-12(17)23-9/h1-5,7H,6,8H2,(H2,18,19,20,21,22). The van der Waals surface area contributed by atoms with Crippen LogP contribution in [0.1, 0.15) is 11.3 Å². The third-order valence-electron chi connectivity index (χ3n) is 3.09. The van der Waals surface area contributed by atoms with Crippen LogP contribution in [-0.2, 0) is 11.2 Å². The van der Waals surface area contributed by atoms with Crippen molar-refractivity contribution in [2.24, 2.45) is 0 Å². The molecule has 1 amide bonds. The number of aromatic amines is 1. The lowest BCUT2D eigenvalue weighted by Gasteiger charge is -2.00. The number of H-pyrrole nitrogens is 1. The molecule has 0 bridgehead atoms. The van der Waals surface area contributed by atoms with Crippen LogP contribution in [0.25, 0.3) is 11.4 Å². The number of rotatable bonds is 5. The third-order valence-corrected chi connectivity index (χ3v) is 4.71. The van der Waals surface area contributed by atoms with E-state index in [0.717, 1.165) is 14.8 Å². The van der Waals surface area contributed by atoms with E-state index in [-0.39, 0.29) is 11.9 Å². The SMILES string of the molecule is O=C(CCc1ccc(Cl)s1)Nc1n[nH]c(-c2ccccc2Cl)n1. The van der Waals surface area contributed by atoms with Crippen molar-refractivity contribution in [1.29, 1.82) is 0 Å². The number of anilines is 1. The van der Waals surface area contributed by atoms with E-state index >= 15 is 0 Å². The summed E-state index contributed by atoms with van der Waals surface area (Å²) in [6.45, 7) is 0. The van der Waals surface area contributed by atoms with Crippen LogP contribution in [0.2, 0.25) is 9.36 Å². The van der Waals surface area contributed by atoms with Gasteiger partial charge in [0.05, 0.1) is 9.36 Å². The molecule has 1 aromatic carbocycles. The van der Waals surface area contributed by atoms with Crippen molar-refractivity contribution in [2.75, 3.05) is 5.32 Å². The first-order chi connectivity index (χ1) is 11.1. The van der Waals surface area contributed by atoms with Gasteiger partial charge >= 0.3 is 0 Å². The van der Waals surface area contributed by atoms with Crippen molar-refractivity contribution in [1.82, 2.24) is 15.2 Å². The van der Waals surface area contributed by atoms with Gasteiger partial charge in [0.1, 0.15) is 0 Å². The summed E-state index contributed by atoms with van der Waals surface area (Å²) in [6.07, 6.45) is 0.970. The van der Waals surface area contributed by atoms with Gasteiger partial charge in [-0.1, -0.05) is 35.3 Å². The fourth-order valence-electron chi connectivity index (χ4n) is 2.00. The highest BCUT2D eigenvalue weighted by Gasteiger charge is 2.11. The minimum atomic E-state index is -0.153. The molecule has 2 heterocycles. The van der Waals surface area contributed by atoms with Gasteiger partial charge in [-0.3, -0.25) is 15.2 Å². The molecular weight excluding hydrogens is 355 g/mol. The van der Waals surface area contributed by atoms with E-state index in [1.54, 1.807) is 6.07 Å². The number of hydrogen-bond donors (Lipinski definition) is 2. The highest BCUT2D eigenvalue weighted by molar-refractivity contribution is 7.16. The van der Waals surface area contributed by atoms with Crippen LogP contribution < -0.4 is 5.32 Å². The number of hydrogen-bond acceptors (Lipinski definition) is 4. The molecule has 5 nitrogen and oxygen atoms in total. The van der Waals surface area contributed by atoms with E-state index in [4.69, 9.17) is 23.2 Å². The number of aryl methyl sites for hydroxylation is 1. The van der Waals surface area contributed by atoms with Crippen molar-refractivity contribution < 1.29 is 4.79 Å². The summed E-state index contributed by atoms with van der Waals surface area (Å²) in [4.78, 5) is 17.3. The largest absolute Gasteiger partial charge is 0.293 e. The molecule has 0 saturated heterocycles. The zero-order valence-corrected chi connectivity index (χ0v) is 14.2. The maximum Gasteiger partial charge on any atom is 0.249 e. The van der Waals surface area contributed by atoms with Gasteiger partial charge in [-0.05, 0) is 30.7 Å². The summed E-state index contributed by atoms with van der Waals surface area (Å²) in [6, 6.07) is 11.0. The molecule has 0 aliphatic heterocycles. The molecule has 3 rings (SSSR count). The number of nitrogens with zero attached hydrogens (tertiary/aromatic N) is 2. The fourth-order valence-corrected chi connectivity index (χ4v) is 3.31. The summed E-state index contributed by atoms with van der Waals surface area (Å²) >= 11 is 13.4. The van der Waals surface area contributed by atoms with E-state index in [0.29, 0.717) is 23.7 Å². The van der Waals surface area contributed by atoms with Gasteiger partial charge in [-0.25, -0.2) is 0 Å². The average Bonchev–Trinajstić information content (AvgIpc) is 3.15. The Labute approximate surface area is 146 Å². The van der Waals surface area contributed by atoms with Crippen molar-refractivity contribution in [2.45, 2.75) is 12.8 Å². The number of amides is 1. The minimum absolute atomic E-state index is 0.153. The van der Waals surface area contributed by atoms with Crippen LogP contribution in [0.15, 0.2) is 36.4 Å². The van der Waals surface area contributed by atoms with Gasteiger partial charge < -0.3 is 0 Å². The molecule has 0 saturated carbocycles. The smallest absolute Gasteiger partial charge is 0.249 e. The molecule has 118 valence electrons. The molecule has 0 radical (unpaired) electrons. The summed E-state index contributed by atoms with van der Waals surface area (Å²) in [5, 5.41) is 9.99. The van der Waals surface area contributed by atoms with Crippen molar-refractivity contribution >= 4 is 46.4 Å². The van der Waals surface area contributed by atoms with E-state index in [1.165, 1.54) is 11.3 Å². The highest BCUT2D eigenvalue weighted by Crippen LogP contribution is 2.25. The first kappa shape index (κ1) is 16.0. The van der Waals surface area contributed by atoms with Crippen molar-refractivity contribution in [3.05, 3.63) is 50.6 Å². The first-order valence-electron chi connectivity index (χ1n) is 6.83. The monoisotopic (exact) mass is 366 g/mol. The van der Waals surface area contributed by atoms with Crippen LogP contribution >= 0.6 is 34.5 Å². The van der Waals surface area contributed by atoms with Crippen LogP contribution in [0, 0.1) is 0 Å². The molecule has 0 aliphatic carbocycles. The van der Waals surface area contributed by atoms with Gasteiger partial charge in [-0.15, -0.1) is 16.4 Å². The van der Waals surface area contributed by atoms with Gasteiger partial charge in [0.2, 0.25) is 11.9 Å². The predicted octanol–water partition coefficient (Wildman–Crippen LogP) is 4.41. The lowest BCUT2D eigenvalue weighted by Crippen LogP contribution is -2.13. The summed E-state index contributed by atoms with van der Waals surface area (Å²) in [7, 11) is 0. The predicted molar refractivity (Wildman–Crippen MR) is 93.1 cm³/mol. The number of halogens is 2. The lowest BCUT2D eigenvalue weighted by atomic mass is 10.2. The van der Waals surface area contributed by atoms with Gasteiger partial charge in [0.25, 0.3) is 0 Å². The van der Waals surface area contributed by atoms with E-state index in [2.05, 4.69) is 20.5 Å². The molecule has 2 aromatic heterocycles. The van der Waals surface area contributed by atoms with Gasteiger partial charge in [0.15, 0.2) is 5.82 Å². The normalized spacial score (nSPS) is 10.7. The van der Waals surface area contributed by atoms with Crippen LogP contribution in [0.4, 0.5) is 5.95 Å². The van der Waals surface area contributed by atoms with Crippen molar-refractivity contribution in [3.63, 3.8) is 0 Å². The van der Waals surface area contributed by atoms with Gasteiger partial charge in [0, 0.05) is 16.9 Å². The van der Waals surface area contributed by atoms with E-state index in [9.17, 15) is 4.79 Å². The Morgan fingerprint density at radius 1 is 1.22 bits per heavy atom. The number of aromatic nitrogens is 3. The summed E-state index contributed by atoms with van der Waals surface area (Å²) in [5.74, 6) is 0.587. The molecule has 0 fully saturated rings. The highest BCUT2D eigenvalue weighted by atomic mass is 35.5. The first-order valence-corrected chi connectivity index (χ1v) is 8.40. The molecule has 3 aromatic rings. The Bertz CT molecular complexity index is 830. The maximum absolute atomic E-state index is 11.9. The Hall–Kier alpha value is -1.89. The zero-order valence-electron chi connectivity index (χ0n) is 11.8. The fraction of sp³-hybridized carbons (Fsp3) is 0.133. The molecule has 8 heteroatoms. The van der Waals surface area contributed by atoms with Crippen LogP contribution in [-0.4, -0.2) is 21.1 Å². The minimum Gasteiger partial charge on any atom is -0.293 e. The molecule has 0 unspecified atom stereocenters. The molecular formula is C15H12Cl2N4OS. The summed E-state index contributed by atoms with van der Waals surface area (Å²) < 4.78 is 0.721. The van der Waals surface area contributed by atoms with Crippen molar-refractivity contribution in [3.8, 4) is 11.4 Å². The molecule has 0 aliphatic rings. The number of carbonyl (C=O) groups is 1. The molecule has 23 heavy (non-hydrogen) atoms. The van der Waals surface area contributed by atoms with E-state index in [1.807, 2.05) is 30.3 Å². The molecule has 0 atom stereocenters. The second-order valence-corrected chi connectivity index (χ2v) is 6.95. The zero-order chi connectivity index (χ0) is 16.2. The van der Waals surface area contributed by atoms with E-state index < -0.39 is 0 Å². The van der Waals surface area contributed by atoms with Crippen LogP contribution in [0.5, 0.6) is 0 Å². The molecule has 0 spiro atoms. The Balaban J connectivity index is 1.60. The number of thiophene rings is 1. The number of carbonyl (C=O) groups excluding carboxylic acids is 1. The molecule has 2 N–H and O–H groups in total. The number of nitrogens with one attached hydrogen (secondary N) is 2. The number of benzene rings is 1. The Kier molecular flexibility index (Phi) is 4.95. The summed E-state index contributed by atoms with van der Waals surface area (Å²) in [5.41, 5.74) is 0.732. The van der Waals surface area contributed by atoms with Crippen LogP contribution in [0.3, 0.4) is 0 Å². The maximum atomic E-state index is 11.9. The second-order valence-electron chi connectivity index (χ2n) is 4.74. The third kappa shape index (κ3) is 4.10. The Morgan fingerprint density at radius 2 is 2.04 bits per heavy atom.